The number of ketones is 1. The number of hydrogen-bond acceptors (Lipinski definition) is 10. The van der Waals surface area contributed by atoms with E-state index in [2.05, 4.69) is 16.3 Å². The number of nitrogens with one attached hydrogen (secondary N) is 1. The largest absolute Gasteiger partial charge is 0.496 e. The van der Waals surface area contributed by atoms with Gasteiger partial charge in [-0.05, 0) is 31.1 Å². The molecule has 1 atom stereocenters. The number of carbonyl (C=O) groups excluding carboxylic acids is 1. The second-order valence-electron chi connectivity index (χ2n) is 7.16. The Kier molecular flexibility index (Phi) is 5.90. The highest BCUT2D eigenvalue weighted by Gasteiger charge is 2.42. The van der Waals surface area contributed by atoms with Crippen LogP contribution in [0.5, 0.6) is 17.2 Å². The van der Waals surface area contributed by atoms with E-state index < -0.39 is 5.92 Å². The Morgan fingerprint density at radius 1 is 1.22 bits per heavy atom. The van der Waals surface area contributed by atoms with E-state index in [4.69, 9.17) is 32.2 Å². The summed E-state index contributed by atoms with van der Waals surface area (Å²) in [6.45, 7) is 0. The average Bonchev–Trinajstić information content (AvgIpc) is 3.23. The molecule has 0 saturated carbocycles. The number of aromatic nitrogens is 2. The molecule has 2 aliphatic rings. The minimum Gasteiger partial charge on any atom is -0.496 e. The number of nitriles is 1. The van der Waals surface area contributed by atoms with Gasteiger partial charge in [0, 0.05) is 29.3 Å². The van der Waals surface area contributed by atoms with Crippen molar-refractivity contribution < 1.29 is 19.0 Å². The SMILES string of the molecule is COc1cc(OC)c(C2C(C#N)=C(N)N(c3n[nH]c(=S)s3)C3=C2C(=O)CCC3)cc1OC. The number of nitrogens with two attached hydrogens (primary N) is 1. The molecule has 0 spiro atoms. The monoisotopic (exact) mass is 471 g/mol. The third kappa shape index (κ3) is 3.41. The first-order valence-electron chi connectivity index (χ1n) is 9.76. The number of carbonyl (C=O) groups is 1. The summed E-state index contributed by atoms with van der Waals surface area (Å²) < 4.78 is 16.9. The van der Waals surface area contributed by atoms with Crippen molar-refractivity contribution in [3.05, 3.63) is 44.3 Å². The Bertz CT molecular complexity index is 1250. The number of allylic oxidation sites excluding steroid dienone is 3. The summed E-state index contributed by atoms with van der Waals surface area (Å²) in [5, 5.41) is 17.6. The van der Waals surface area contributed by atoms with Crippen LogP contribution in [0.25, 0.3) is 0 Å². The van der Waals surface area contributed by atoms with Gasteiger partial charge in [0.1, 0.15) is 11.6 Å². The van der Waals surface area contributed by atoms with Crippen LogP contribution in [-0.4, -0.2) is 37.3 Å². The maximum atomic E-state index is 13.2. The van der Waals surface area contributed by atoms with Gasteiger partial charge in [-0.15, -0.1) is 5.10 Å². The molecule has 166 valence electrons. The first-order chi connectivity index (χ1) is 15.4. The van der Waals surface area contributed by atoms with Gasteiger partial charge in [-0.25, -0.2) is 0 Å². The molecule has 1 aliphatic carbocycles. The molecule has 1 aromatic heterocycles. The zero-order valence-electron chi connectivity index (χ0n) is 17.7. The number of methoxy groups -OCH3 is 3. The highest BCUT2D eigenvalue weighted by atomic mass is 32.1. The number of nitrogens with zero attached hydrogens (tertiary/aromatic N) is 3. The minimum atomic E-state index is -0.708. The first kappa shape index (κ1) is 21.9. The number of ether oxygens (including phenoxy) is 3. The lowest BCUT2D eigenvalue weighted by Crippen LogP contribution is -2.38. The minimum absolute atomic E-state index is 0.0440. The van der Waals surface area contributed by atoms with Crippen LogP contribution in [0.3, 0.4) is 0 Å². The van der Waals surface area contributed by atoms with Crippen LogP contribution in [0.1, 0.15) is 30.7 Å². The van der Waals surface area contributed by atoms with E-state index in [0.29, 0.717) is 56.7 Å². The van der Waals surface area contributed by atoms with Gasteiger partial charge in [-0.2, -0.15) is 5.26 Å². The molecule has 0 bridgehead atoms. The molecule has 9 nitrogen and oxygen atoms in total. The molecule has 0 radical (unpaired) electrons. The van der Waals surface area contributed by atoms with Gasteiger partial charge in [-0.1, -0.05) is 11.3 Å². The van der Waals surface area contributed by atoms with Crippen molar-refractivity contribution >= 4 is 34.5 Å². The molecule has 2 heterocycles. The van der Waals surface area contributed by atoms with Crippen molar-refractivity contribution in [3.63, 3.8) is 0 Å². The van der Waals surface area contributed by atoms with E-state index in [1.165, 1.54) is 32.7 Å². The lowest BCUT2D eigenvalue weighted by molar-refractivity contribution is -0.116. The standard InChI is InChI=1S/C21H21N5O4S2/c1-28-14-8-16(30-3)15(29-2)7-10(14)17-11(9-22)19(23)26(20-24-25-21(31)32-20)12-5-4-6-13(27)18(12)17/h7-8,17H,4-6,23H2,1-3H3,(H,25,31). The van der Waals surface area contributed by atoms with Crippen LogP contribution in [0.2, 0.25) is 0 Å². The van der Waals surface area contributed by atoms with Gasteiger partial charge in [0.2, 0.25) is 5.13 Å². The Morgan fingerprint density at radius 2 is 1.91 bits per heavy atom. The van der Waals surface area contributed by atoms with Crippen molar-refractivity contribution in [2.75, 3.05) is 26.2 Å². The second-order valence-corrected chi connectivity index (χ2v) is 8.81. The number of Topliss-reactive ketones (excluding diaryl/α,β-unsaturated/α-hetero) is 1. The van der Waals surface area contributed by atoms with E-state index >= 15 is 0 Å². The van der Waals surface area contributed by atoms with Gasteiger partial charge in [0.25, 0.3) is 0 Å². The quantitative estimate of drug-likeness (QED) is 0.630. The summed E-state index contributed by atoms with van der Waals surface area (Å²) in [6, 6.07) is 5.63. The summed E-state index contributed by atoms with van der Waals surface area (Å²) in [6.07, 6.45) is 1.67. The molecule has 1 aliphatic heterocycles. The lowest BCUT2D eigenvalue weighted by atomic mass is 9.75. The van der Waals surface area contributed by atoms with Crippen LogP contribution in [-0.2, 0) is 4.79 Å². The van der Waals surface area contributed by atoms with E-state index in [1.54, 1.807) is 17.0 Å². The number of hydrogen-bond donors (Lipinski definition) is 2. The van der Waals surface area contributed by atoms with Gasteiger partial charge in [-0.3, -0.25) is 14.8 Å². The first-order valence-corrected chi connectivity index (χ1v) is 11.0. The van der Waals surface area contributed by atoms with Crippen molar-refractivity contribution in [2.45, 2.75) is 25.2 Å². The lowest BCUT2D eigenvalue weighted by Gasteiger charge is -2.38. The number of aromatic amines is 1. The Morgan fingerprint density at radius 3 is 2.50 bits per heavy atom. The number of anilines is 1. The van der Waals surface area contributed by atoms with Crippen LogP contribution in [0.4, 0.5) is 5.13 Å². The molecule has 4 rings (SSSR count). The van der Waals surface area contributed by atoms with E-state index in [0.717, 1.165) is 5.70 Å². The van der Waals surface area contributed by atoms with Crippen molar-refractivity contribution in [2.24, 2.45) is 5.73 Å². The Balaban J connectivity index is 2.02. The fourth-order valence-corrected chi connectivity index (χ4v) is 5.13. The molecule has 11 heteroatoms. The Labute approximate surface area is 193 Å². The fraction of sp³-hybridized carbons (Fsp3) is 0.333. The number of rotatable bonds is 5. The molecule has 3 N–H and O–H groups in total. The second kappa shape index (κ2) is 8.64. The van der Waals surface area contributed by atoms with E-state index in [9.17, 15) is 10.1 Å². The number of H-pyrrole nitrogens is 1. The summed E-state index contributed by atoms with van der Waals surface area (Å²) in [4.78, 5) is 14.9. The maximum absolute atomic E-state index is 13.2. The third-order valence-electron chi connectivity index (χ3n) is 5.58. The molecular formula is C21H21N5O4S2. The van der Waals surface area contributed by atoms with E-state index in [1.807, 2.05) is 0 Å². The van der Waals surface area contributed by atoms with Gasteiger partial charge >= 0.3 is 0 Å². The zero-order chi connectivity index (χ0) is 23.0. The molecule has 0 saturated heterocycles. The van der Waals surface area contributed by atoms with Gasteiger partial charge < -0.3 is 19.9 Å². The maximum Gasteiger partial charge on any atom is 0.216 e. The summed E-state index contributed by atoms with van der Waals surface area (Å²) in [5.74, 6) is 0.847. The predicted octanol–water partition coefficient (Wildman–Crippen LogP) is 3.53. The fourth-order valence-electron chi connectivity index (χ4n) is 4.21. The van der Waals surface area contributed by atoms with E-state index in [-0.39, 0.29) is 17.2 Å². The number of benzene rings is 1. The van der Waals surface area contributed by atoms with Crippen LogP contribution in [0, 0.1) is 15.3 Å². The van der Waals surface area contributed by atoms with Crippen molar-refractivity contribution in [3.8, 4) is 23.3 Å². The summed E-state index contributed by atoms with van der Waals surface area (Å²) in [7, 11) is 4.57. The molecule has 32 heavy (non-hydrogen) atoms. The zero-order valence-corrected chi connectivity index (χ0v) is 19.4. The third-order valence-corrected chi connectivity index (χ3v) is 6.65. The molecule has 1 unspecified atom stereocenters. The van der Waals surface area contributed by atoms with Crippen molar-refractivity contribution in [1.82, 2.24) is 10.2 Å². The highest BCUT2D eigenvalue weighted by molar-refractivity contribution is 7.73. The van der Waals surface area contributed by atoms with Crippen LogP contribution < -0.4 is 24.8 Å². The van der Waals surface area contributed by atoms with Crippen LogP contribution >= 0.6 is 23.6 Å². The molecule has 1 aromatic carbocycles. The molecule has 0 fully saturated rings. The summed E-state index contributed by atoms with van der Waals surface area (Å²) in [5.41, 5.74) is 8.59. The highest BCUT2D eigenvalue weighted by Crippen LogP contribution is 2.50. The topological polar surface area (TPSA) is 126 Å². The predicted molar refractivity (Wildman–Crippen MR) is 121 cm³/mol. The smallest absolute Gasteiger partial charge is 0.216 e. The normalized spacial score (nSPS) is 18.4. The van der Waals surface area contributed by atoms with Gasteiger partial charge in [0.05, 0.1) is 38.9 Å². The summed E-state index contributed by atoms with van der Waals surface area (Å²) >= 11 is 6.41. The molecular weight excluding hydrogens is 450 g/mol. The van der Waals surface area contributed by atoms with Crippen LogP contribution in [0.15, 0.2) is 34.8 Å². The molecule has 2 aromatic rings. The molecule has 0 amide bonds. The average molecular weight is 472 g/mol. The van der Waals surface area contributed by atoms with Crippen molar-refractivity contribution in [1.29, 1.82) is 5.26 Å². The Hall–Kier alpha value is -3.36. The van der Waals surface area contributed by atoms with Gasteiger partial charge in [0.15, 0.2) is 21.2 Å².